The molecule has 1 atom stereocenters. The van der Waals surface area contributed by atoms with Crippen LogP contribution in [0.2, 0.25) is 0 Å². The molecule has 2 N–H and O–H groups in total. The topological polar surface area (TPSA) is 82.3 Å². The predicted octanol–water partition coefficient (Wildman–Crippen LogP) is 3.21. The number of nitrogens with one attached hydrogen (secondary N) is 1. The number of carbonyl (C=O) groups is 1. The van der Waals surface area contributed by atoms with Gasteiger partial charge < -0.3 is 15.2 Å². The van der Waals surface area contributed by atoms with Crippen molar-refractivity contribution in [2.24, 2.45) is 0 Å². The molecule has 0 aliphatic rings. The Labute approximate surface area is 135 Å². The van der Waals surface area contributed by atoms with Gasteiger partial charge in [0.25, 0.3) is 0 Å². The molecule has 2 rings (SSSR count). The molecule has 1 unspecified atom stereocenters. The Bertz CT molecular complexity index is 761. The maximum Gasteiger partial charge on any atom is 0.333 e. The number of anilines is 1. The van der Waals surface area contributed by atoms with E-state index in [1.165, 1.54) is 7.11 Å². The first-order valence-electron chi connectivity index (χ1n) is 7.11. The van der Waals surface area contributed by atoms with E-state index < -0.39 is 12.0 Å². The van der Waals surface area contributed by atoms with Crippen molar-refractivity contribution in [1.29, 1.82) is 5.26 Å². The molecule has 2 aromatic carbocycles. The van der Waals surface area contributed by atoms with Gasteiger partial charge >= 0.3 is 5.97 Å². The molecule has 0 heterocycles. The highest BCUT2D eigenvalue weighted by Crippen LogP contribution is 2.32. The van der Waals surface area contributed by atoms with Crippen LogP contribution in [-0.4, -0.2) is 18.2 Å². The zero-order valence-electron chi connectivity index (χ0n) is 13.3. The number of phenols is 1. The molecule has 0 saturated heterocycles. The lowest BCUT2D eigenvalue weighted by atomic mass is 9.99. The molecule has 5 nitrogen and oxygen atoms in total. The first-order chi connectivity index (χ1) is 11.0. The monoisotopic (exact) mass is 310 g/mol. The normalized spacial score (nSPS) is 11.4. The predicted molar refractivity (Wildman–Crippen MR) is 87.1 cm³/mol. The molecule has 0 aromatic heterocycles. The zero-order valence-corrected chi connectivity index (χ0v) is 13.3. The molecule has 0 radical (unpaired) electrons. The number of aromatic hydroxyl groups is 1. The van der Waals surface area contributed by atoms with Crippen molar-refractivity contribution in [3.63, 3.8) is 0 Å². The molecule has 0 spiro atoms. The molecule has 0 bridgehead atoms. The van der Waals surface area contributed by atoms with Crippen molar-refractivity contribution in [3.8, 4) is 11.8 Å². The molecule has 5 heteroatoms. The molecule has 0 amide bonds. The highest BCUT2D eigenvalue weighted by atomic mass is 16.5. The summed E-state index contributed by atoms with van der Waals surface area (Å²) in [4.78, 5) is 12.2. The van der Waals surface area contributed by atoms with Crippen LogP contribution in [0.1, 0.15) is 28.3 Å². The molecular formula is C18H18N2O3. The lowest BCUT2D eigenvalue weighted by molar-refractivity contribution is -0.141. The molecule has 23 heavy (non-hydrogen) atoms. The Morgan fingerprint density at radius 2 is 1.91 bits per heavy atom. The average Bonchev–Trinajstić information content (AvgIpc) is 2.56. The van der Waals surface area contributed by atoms with Gasteiger partial charge in [-0.05, 0) is 49.7 Å². The first-order valence-corrected chi connectivity index (χ1v) is 7.11. The maximum atomic E-state index is 12.2. The van der Waals surface area contributed by atoms with Gasteiger partial charge in [0.15, 0.2) is 6.04 Å². The maximum absolute atomic E-state index is 12.2. The van der Waals surface area contributed by atoms with Gasteiger partial charge in [-0.25, -0.2) is 4.79 Å². The number of esters is 1. The zero-order chi connectivity index (χ0) is 17.0. The number of nitrogens with zero attached hydrogens (tertiary/aromatic N) is 1. The number of hydrogen-bond acceptors (Lipinski definition) is 5. The van der Waals surface area contributed by atoms with E-state index in [0.29, 0.717) is 22.4 Å². The number of hydrogen-bond donors (Lipinski definition) is 2. The Balaban J connectivity index is 2.42. The fourth-order valence-electron chi connectivity index (χ4n) is 2.40. The summed E-state index contributed by atoms with van der Waals surface area (Å²) in [6.07, 6.45) is 0. The number of ether oxygens (including phenoxy) is 1. The Morgan fingerprint density at radius 3 is 2.48 bits per heavy atom. The standard InChI is InChI=1S/C18H18N2O3/c1-11-8-12(2)17(21)15(9-11)16(18(22)23-3)20-14-6-4-13(10-19)5-7-14/h4-9,16,20-21H,1-3H3. The quantitative estimate of drug-likeness (QED) is 0.847. The number of aryl methyl sites for hydroxylation is 2. The first kappa shape index (κ1) is 16.4. The molecule has 0 aliphatic carbocycles. The van der Waals surface area contributed by atoms with Crippen molar-refractivity contribution in [3.05, 3.63) is 58.7 Å². The third-order valence-electron chi connectivity index (χ3n) is 3.55. The third kappa shape index (κ3) is 3.61. The van der Waals surface area contributed by atoms with E-state index in [9.17, 15) is 9.90 Å². The number of carbonyl (C=O) groups excluding carboxylic acids is 1. The van der Waals surface area contributed by atoms with Gasteiger partial charge in [0.2, 0.25) is 0 Å². The van der Waals surface area contributed by atoms with Crippen molar-refractivity contribution >= 4 is 11.7 Å². The Hall–Kier alpha value is -3.00. The van der Waals surface area contributed by atoms with Crippen LogP contribution < -0.4 is 5.32 Å². The summed E-state index contributed by atoms with van der Waals surface area (Å²) < 4.78 is 4.85. The number of phenolic OH excluding ortho intramolecular Hbond substituents is 1. The number of rotatable bonds is 4. The van der Waals surface area contributed by atoms with Gasteiger partial charge in [0.05, 0.1) is 18.7 Å². The second-order valence-corrected chi connectivity index (χ2v) is 5.31. The molecular weight excluding hydrogens is 292 g/mol. The Morgan fingerprint density at radius 1 is 1.26 bits per heavy atom. The molecule has 0 aliphatic heterocycles. The van der Waals surface area contributed by atoms with Gasteiger partial charge in [0.1, 0.15) is 5.75 Å². The van der Waals surface area contributed by atoms with Crippen LogP contribution in [0.25, 0.3) is 0 Å². The minimum Gasteiger partial charge on any atom is -0.507 e. The second kappa shape index (κ2) is 6.84. The van der Waals surface area contributed by atoms with Crippen molar-refractivity contribution in [1.82, 2.24) is 0 Å². The average molecular weight is 310 g/mol. The number of methoxy groups -OCH3 is 1. The highest BCUT2D eigenvalue weighted by molar-refractivity contribution is 5.82. The summed E-state index contributed by atoms with van der Waals surface area (Å²) in [6.45, 7) is 3.67. The van der Waals surface area contributed by atoms with E-state index in [4.69, 9.17) is 10.00 Å². The van der Waals surface area contributed by atoms with Gasteiger partial charge in [-0.15, -0.1) is 0 Å². The van der Waals surface area contributed by atoms with E-state index in [2.05, 4.69) is 5.32 Å². The largest absolute Gasteiger partial charge is 0.507 e. The lowest BCUT2D eigenvalue weighted by Gasteiger charge is -2.20. The molecule has 118 valence electrons. The minimum absolute atomic E-state index is 0.0622. The van der Waals surface area contributed by atoms with Crippen LogP contribution >= 0.6 is 0 Å². The van der Waals surface area contributed by atoms with Crippen LogP contribution in [0.4, 0.5) is 5.69 Å². The van der Waals surface area contributed by atoms with Crippen molar-refractivity contribution in [2.45, 2.75) is 19.9 Å². The minimum atomic E-state index is -0.841. The van der Waals surface area contributed by atoms with Gasteiger partial charge in [0, 0.05) is 11.3 Å². The fraction of sp³-hybridized carbons (Fsp3) is 0.222. The van der Waals surface area contributed by atoms with Crippen LogP contribution in [0.15, 0.2) is 36.4 Å². The molecule has 2 aromatic rings. The summed E-state index contributed by atoms with van der Waals surface area (Å²) in [5.74, 6) is -0.443. The summed E-state index contributed by atoms with van der Waals surface area (Å²) in [7, 11) is 1.30. The third-order valence-corrected chi connectivity index (χ3v) is 3.55. The Kier molecular flexibility index (Phi) is 4.87. The fourth-order valence-corrected chi connectivity index (χ4v) is 2.40. The number of benzene rings is 2. The lowest BCUT2D eigenvalue weighted by Crippen LogP contribution is -2.22. The van der Waals surface area contributed by atoms with Crippen molar-refractivity contribution < 1.29 is 14.6 Å². The summed E-state index contributed by atoms with van der Waals surface area (Å²) in [5, 5.41) is 22.2. The summed E-state index contributed by atoms with van der Waals surface area (Å²) in [6, 6.07) is 11.5. The summed E-state index contributed by atoms with van der Waals surface area (Å²) in [5.41, 5.74) is 3.26. The number of nitriles is 1. The van der Waals surface area contributed by atoms with Gasteiger partial charge in [-0.1, -0.05) is 11.6 Å². The van der Waals surface area contributed by atoms with Gasteiger partial charge in [-0.3, -0.25) is 0 Å². The van der Waals surface area contributed by atoms with Crippen LogP contribution in [0, 0.1) is 25.2 Å². The van der Waals surface area contributed by atoms with Crippen LogP contribution in [0.5, 0.6) is 5.75 Å². The van der Waals surface area contributed by atoms with E-state index in [1.54, 1.807) is 37.3 Å². The smallest absolute Gasteiger partial charge is 0.333 e. The SMILES string of the molecule is COC(=O)C(Nc1ccc(C#N)cc1)c1cc(C)cc(C)c1O. The van der Waals surface area contributed by atoms with E-state index >= 15 is 0 Å². The highest BCUT2D eigenvalue weighted by Gasteiger charge is 2.25. The van der Waals surface area contributed by atoms with E-state index in [-0.39, 0.29) is 5.75 Å². The van der Waals surface area contributed by atoms with E-state index in [1.807, 2.05) is 19.1 Å². The molecule has 0 saturated carbocycles. The molecule has 0 fully saturated rings. The summed E-state index contributed by atoms with van der Waals surface area (Å²) >= 11 is 0. The van der Waals surface area contributed by atoms with Crippen molar-refractivity contribution in [2.75, 3.05) is 12.4 Å². The van der Waals surface area contributed by atoms with Crippen LogP contribution in [-0.2, 0) is 9.53 Å². The van der Waals surface area contributed by atoms with Gasteiger partial charge in [-0.2, -0.15) is 5.26 Å². The van der Waals surface area contributed by atoms with Crippen LogP contribution in [0.3, 0.4) is 0 Å². The second-order valence-electron chi connectivity index (χ2n) is 5.31. The van der Waals surface area contributed by atoms with E-state index in [0.717, 1.165) is 5.56 Å².